The van der Waals surface area contributed by atoms with Gasteiger partial charge in [0, 0.05) is 37.5 Å². The number of ether oxygens (including phenoxy) is 1. The van der Waals surface area contributed by atoms with Crippen LogP contribution in [-0.2, 0) is 11.3 Å². The topological polar surface area (TPSA) is 63.0 Å². The number of likely N-dealkylation sites (tertiary alicyclic amines) is 2. The fourth-order valence-corrected chi connectivity index (χ4v) is 4.55. The standard InChI is InChI=1S/C20H28N2O4/c1-25-18-12-26-16(9-17(18)23)11-21-8-2-6-20(13-21)7-5-19(24)22(14-20)10-15-3-4-15/h9,12,15H,2-8,10-11,13-14H2,1H3. The van der Waals surface area contributed by atoms with E-state index in [9.17, 15) is 9.59 Å². The highest BCUT2D eigenvalue weighted by atomic mass is 16.5. The van der Waals surface area contributed by atoms with Gasteiger partial charge in [0.2, 0.25) is 17.1 Å². The van der Waals surface area contributed by atoms with E-state index in [1.165, 1.54) is 38.7 Å². The lowest BCUT2D eigenvalue weighted by Crippen LogP contribution is -2.54. The van der Waals surface area contributed by atoms with Crippen LogP contribution < -0.4 is 10.2 Å². The molecule has 1 spiro atoms. The molecule has 0 N–H and O–H groups in total. The zero-order valence-corrected chi connectivity index (χ0v) is 15.5. The van der Waals surface area contributed by atoms with Crippen LogP contribution in [0.2, 0.25) is 0 Å². The molecule has 26 heavy (non-hydrogen) atoms. The predicted molar refractivity (Wildman–Crippen MR) is 97.0 cm³/mol. The lowest BCUT2D eigenvalue weighted by atomic mass is 9.73. The van der Waals surface area contributed by atoms with Crippen molar-refractivity contribution in [2.24, 2.45) is 11.3 Å². The molecular formula is C20H28N2O4. The van der Waals surface area contributed by atoms with Crippen LogP contribution in [0.3, 0.4) is 0 Å². The SMILES string of the molecule is COc1coc(CN2CCCC3(CCC(=O)N(CC4CC4)C3)C2)cc1=O. The van der Waals surface area contributed by atoms with Gasteiger partial charge in [0.25, 0.3) is 0 Å². The van der Waals surface area contributed by atoms with Crippen LogP contribution in [0.4, 0.5) is 0 Å². The maximum absolute atomic E-state index is 12.3. The van der Waals surface area contributed by atoms with Crippen molar-refractivity contribution in [2.45, 2.75) is 45.1 Å². The molecule has 1 unspecified atom stereocenters. The molecule has 1 amide bonds. The highest BCUT2D eigenvalue weighted by Gasteiger charge is 2.42. The molecule has 0 bridgehead atoms. The Morgan fingerprint density at radius 2 is 2.12 bits per heavy atom. The second-order valence-electron chi connectivity index (χ2n) is 8.31. The van der Waals surface area contributed by atoms with Gasteiger partial charge in [0.15, 0.2) is 0 Å². The van der Waals surface area contributed by atoms with Crippen molar-refractivity contribution in [3.63, 3.8) is 0 Å². The van der Waals surface area contributed by atoms with E-state index in [-0.39, 0.29) is 16.6 Å². The fraction of sp³-hybridized carbons (Fsp3) is 0.700. The van der Waals surface area contributed by atoms with Gasteiger partial charge >= 0.3 is 0 Å². The molecule has 2 saturated heterocycles. The first-order valence-corrected chi connectivity index (χ1v) is 9.73. The normalized spacial score (nSPS) is 27.1. The van der Waals surface area contributed by atoms with Crippen molar-refractivity contribution in [3.8, 4) is 5.75 Å². The number of nitrogens with zero attached hydrogens (tertiary/aromatic N) is 2. The van der Waals surface area contributed by atoms with Gasteiger partial charge in [0.1, 0.15) is 12.0 Å². The zero-order chi connectivity index (χ0) is 18.1. The van der Waals surface area contributed by atoms with Crippen LogP contribution in [0.15, 0.2) is 21.5 Å². The summed E-state index contributed by atoms with van der Waals surface area (Å²) < 4.78 is 10.6. The molecule has 1 aromatic rings. The van der Waals surface area contributed by atoms with Crippen molar-refractivity contribution in [3.05, 3.63) is 28.3 Å². The third kappa shape index (κ3) is 3.80. The molecule has 6 heteroatoms. The third-order valence-corrected chi connectivity index (χ3v) is 6.12. The molecule has 3 fully saturated rings. The molecule has 1 saturated carbocycles. The van der Waals surface area contributed by atoms with Crippen LogP contribution in [-0.4, -0.2) is 49.0 Å². The maximum atomic E-state index is 12.3. The summed E-state index contributed by atoms with van der Waals surface area (Å²) >= 11 is 0. The fourth-order valence-electron chi connectivity index (χ4n) is 4.55. The molecule has 4 rings (SSSR count). The van der Waals surface area contributed by atoms with Crippen molar-refractivity contribution < 1.29 is 13.9 Å². The minimum atomic E-state index is -0.139. The smallest absolute Gasteiger partial charge is 0.227 e. The predicted octanol–water partition coefficient (Wildman–Crippen LogP) is 2.26. The molecule has 142 valence electrons. The molecule has 3 aliphatic rings. The van der Waals surface area contributed by atoms with Gasteiger partial charge in [-0.3, -0.25) is 14.5 Å². The van der Waals surface area contributed by atoms with Crippen molar-refractivity contribution in [1.29, 1.82) is 0 Å². The van der Waals surface area contributed by atoms with Crippen LogP contribution in [0, 0.1) is 11.3 Å². The number of hydrogen-bond donors (Lipinski definition) is 0. The van der Waals surface area contributed by atoms with E-state index in [1.807, 2.05) is 0 Å². The molecule has 1 aliphatic carbocycles. The largest absolute Gasteiger partial charge is 0.490 e. The summed E-state index contributed by atoms with van der Waals surface area (Å²) in [6, 6.07) is 1.53. The minimum Gasteiger partial charge on any atom is -0.490 e. The summed E-state index contributed by atoms with van der Waals surface area (Å²) in [6.07, 6.45) is 7.93. The minimum absolute atomic E-state index is 0.139. The molecule has 3 heterocycles. The summed E-state index contributed by atoms with van der Waals surface area (Å²) in [7, 11) is 1.47. The lowest BCUT2D eigenvalue weighted by molar-refractivity contribution is -0.139. The first-order chi connectivity index (χ1) is 12.6. The molecule has 1 atom stereocenters. The molecular weight excluding hydrogens is 332 g/mol. The Morgan fingerprint density at radius 3 is 2.85 bits per heavy atom. The van der Waals surface area contributed by atoms with Gasteiger partial charge in [-0.05, 0) is 44.6 Å². The van der Waals surface area contributed by atoms with E-state index in [2.05, 4.69) is 9.80 Å². The van der Waals surface area contributed by atoms with Crippen LogP contribution in [0.1, 0.15) is 44.3 Å². The Morgan fingerprint density at radius 1 is 1.27 bits per heavy atom. The number of hydrogen-bond acceptors (Lipinski definition) is 5. The quantitative estimate of drug-likeness (QED) is 0.806. The average Bonchev–Trinajstić information content (AvgIpc) is 3.43. The summed E-state index contributed by atoms with van der Waals surface area (Å²) in [5, 5.41) is 0. The summed E-state index contributed by atoms with van der Waals surface area (Å²) in [5.74, 6) is 1.99. The number of methoxy groups -OCH3 is 1. The van der Waals surface area contributed by atoms with Crippen molar-refractivity contribution >= 4 is 5.91 Å². The van der Waals surface area contributed by atoms with Gasteiger partial charge in [-0.15, -0.1) is 0 Å². The van der Waals surface area contributed by atoms with Gasteiger partial charge in [0.05, 0.1) is 13.7 Å². The van der Waals surface area contributed by atoms with E-state index >= 15 is 0 Å². The second-order valence-corrected chi connectivity index (χ2v) is 8.31. The maximum Gasteiger partial charge on any atom is 0.227 e. The van der Waals surface area contributed by atoms with E-state index in [0.717, 1.165) is 44.9 Å². The average molecular weight is 360 g/mol. The monoisotopic (exact) mass is 360 g/mol. The van der Waals surface area contributed by atoms with Gasteiger partial charge in [-0.1, -0.05) is 0 Å². The van der Waals surface area contributed by atoms with E-state index < -0.39 is 0 Å². The number of carbonyl (C=O) groups excluding carboxylic acids is 1. The molecule has 0 radical (unpaired) electrons. The highest BCUT2D eigenvalue weighted by molar-refractivity contribution is 5.77. The van der Waals surface area contributed by atoms with Crippen LogP contribution in [0.5, 0.6) is 5.75 Å². The van der Waals surface area contributed by atoms with Crippen molar-refractivity contribution in [1.82, 2.24) is 9.80 Å². The zero-order valence-electron chi connectivity index (χ0n) is 15.5. The Labute approximate surface area is 154 Å². The van der Waals surface area contributed by atoms with Gasteiger partial charge in [-0.25, -0.2) is 0 Å². The van der Waals surface area contributed by atoms with Gasteiger partial charge < -0.3 is 14.1 Å². The summed E-state index contributed by atoms with van der Waals surface area (Å²) in [4.78, 5) is 28.8. The number of amides is 1. The summed E-state index contributed by atoms with van der Waals surface area (Å²) in [5.41, 5.74) is 0.0627. The molecule has 6 nitrogen and oxygen atoms in total. The Hall–Kier alpha value is -1.82. The van der Waals surface area contributed by atoms with Crippen LogP contribution >= 0.6 is 0 Å². The Balaban J connectivity index is 1.42. The summed E-state index contributed by atoms with van der Waals surface area (Å²) in [6.45, 7) is 4.46. The van der Waals surface area contributed by atoms with Gasteiger partial charge in [-0.2, -0.15) is 0 Å². The number of carbonyl (C=O) groups is 1. The molecule has 1 aromatic heterocycles. The first kappa shape index (κ1) is 17.6. The molecule has 0 aromatic carbocycles. The molecule has 2 aliphatic heterocycles. The van der Waals surface area contributed by atoms with E-state index in [1.54, 1.807) is 0 Å². The highest BCUT2D eigenvalue weighted by Crippen LogP contribution is 2.41. The Bertz CT molecular complexity index is 727. The van der Waals surface area contributed by atoms with E-state index in [0.29, 0.717) is 24.6 Å². The second kappa shape index (κ2) is 7.06. The number of rotatable bonds is 5. The van der Waals surface area contributed by atoms with Crippen LogP contribution in [0.25, 0.3) is 0 Å². The first-order valence-electron chi connectivity index (χ1n) is 9.73. The van der Waals surface area contributed by atoms with Crippen molar-refractivity contribution in [2.75, 3.05) is 33.3 Å². The van der Waals surface area contributed by atoms with E-state index in [4.69, 9.17) is 9.15 Å². The lowest BCUT2D eigenvalue weighted by Gasteiger charge is -2.48. The Kier molecular flexibility index (Phi) is 4.78. The number of piperidine rings is 2. The third-order valence-electron chi connectivity index (χ3n) is 6.12.